The zero-order valence-corrected chi connectivity index (χ0v) is 26.4. The zero-order chi connectivity index (χ0) is 30.9. The monoisotopic (exact) mass is 630 g/mol. The SMILES string of the molecule is CC(=NCC1(C)CCN1C(=O)n1nc(Cl)nc1C1CC1)/C(=C(\N)c1ccc2c(cnn2C)c1)c1c(Cl)c(C)cc2[nH]ncc12. The molecule has 13 heteroatoms. The number of benzene rings is 2. The molecule has 1 saturated heterocycles. The first-order valence-corrected chi connectivity index (χ1v) is 15.3. The number of likely N-dealkylation sites (tertiary alicyclic amines) is 1. The van der Waals surface area contributed by atoms with E-state index in [0.717, 1.165) is 57.8 Å². The lowest BCUT2D eigenvalue weighted by Gasteiger charge is -2.49. The summed E-state index contributed by atoms with van der Waals surface area (Å²) in [6.07, 6.45) is 6.34. The van der Waals surface area contributed by atoms with Gasteiger partial charge in [-0.2, -0.15) is 14.9 Å². The molecule has 1 atom stereocenters. The molecular formula is C31H32Cl2N10O. The molecule has 4 heterocycles. The van der Waals surface area contributed by atoms with E-state index >= 15 is 0 Å². The number of aromatic amines is 1. The lowest BCUT2D eigenvalue weighted by atomic mass is 9.86. The molecule has 0 spiro atoms. The Labute approximate surface area is 263 Å². The van der Waals surface area contributed by atoms with Crippen molar-refractivity contribution >= 4 is 68.0 Å². The van der Waals surface area contributed by atoms with Gasteiger partial charge in [-0.05, 0) is 81.0 Å². The number of carbonyl (C=O) groups excluding carboxylic acids is 1. The van der Waals surface area contributed by atoms with E-state index in [2.05, 4.69) is 25.4 Å². The van der Waals surface area contributed by atoms with E-state index in [0.29, 0.717) is 40.9 Å². The fourth-order valence-corrected chi connectivity index (χ4v) is 6.47. The Morgan fingerprint density at radius 3 is 2.75 bits per heavy atom. The van der Waals surface area contributed by atoms with Gasteiger partial charge in [-0.1, -0.05) is 17.7 Å². The van der Waals surface area contributed by atoms with Crippen LogP contribution in [0.4, 0.5) is 4.79 Å². The minimum atomic E-state index is -0.520. The summed E-state index contributed by atoms with van der Waals surface area (Å²) < 4.78 is 3.19. The van der Waals surface area contributed by atoms with E-state index in [-0.39, 0.29) is 17.2 Å². The topological polar surface area (TPSA) is 136 Å². The van der Waals surface area contributed by atoms with Gasteiger partial charge >= 0.3 is 6.03 Å². The second-order valence-corrected chi connectivity index (χ2v) is 12.8. The highest BCUT2D eigenvalue weighted by Crippen LogP contribution is 2.41. The summed E-state index contributed by atoms with van der Waals surface area (Å²) in [5.41, 5.74) is 12.8. The third-order valence-electron chi connectivity index (χ3n) is 8.95. The highest BCUT2D eigenvalue weighted by atomic mass is 35.5. The average molecular weight is 632 g/mol. The van der Waals surface area contributed by atoms with Gasteiger partial charge in [0.05, 0.1) is 40.5 Å². The van der Waals surface area contributed by atoms with Crippen LogP contribution in [0.25, 0.3) is 33.1 Å². The van der Waals surface area contributed by atoms with E-state index in [9.17, 15) is 4.79 Å². The quantitative estimate of drug-likeness (QED) is 0.176. The fraction of sp³-hybridized carbons (Fsp3) is 0.355. The molecule has 0 bridgehead atoms. The van der Waals surface area contributed by atoms with Crippen LogP contribution in [0, 0.1) is 6.92 Å². The molecule has 1 saturated carbocycles. The van der Waals surface area contributed by atoms with Crippen LogP contribution in [0.1, 0.15) is 61.5 Å². The van der Waals surface area contributed by atoms with E-state index in [1.807, 2.05) is 63.0 Å². The van der Waals surface area contributed by atoms with Gasteiger partial charge in [0.2, 0.25) is 5.28 Å². The maximum absolute atomic E-state index is 13.6. The van der Waals surface area contributed by atoms with Crippen LogP contribution in [0.3, 0.4) is 0 Å². The van der Waals surface area contributed by atoms with E-state index in [4.69, 9.17) is 33.9 Å². The van der Waals surface area contributed by atoms with Gasteiger partial charge in [-0.25, -0.2) is 9.78 Å². The minimum Gasteiger partial charge on any atom is -0.398 e. The van der Waals surface area contributed by atoms with Crippen molar-refractivity contribution in [3.8, 4) is 0 Å². The number of halogens is 2. The third-order valence-corrected chi connectivity index (χ3v) is 9.59. The number of H-pyrrole nitrogens is 1. The van der Waals surface area contributed by atoms with Crippen LogP contribution >= 0.6 is 23.2 Å². The normalized spacial score (nSPS) is 19.5. The number of aryl methyl sites for hydroxylation is 2. The molecule has 44 heavy (non-hydrogen) atoms. The molecule has 3 N–H and O–H groups in total. The second-order valence-electron chi connectivity index (χ2n) is 12.1. The Morgan fingerprint density at radius 2 is 2.02 bits per heavy atom. The number of nitrogens with zero attached hydrogens (tertiary/aromatic N) is 8. The lowest BCUT2D eigenvalue weighted by Crippen LogP contribution is -2.63. The molecule has 1 unspecified atom stereocenters. The summed E-state index contributed by atoms with van der Waals surface area (Å²) >= 11 is 13.1. The van der Waals surface area contributed by atoms with Gasteiger partial charge in [0, 0.05) is 52.8 Å². The molecule has 226 valence electrons. The van der Waals surface area contributed by atoms with Crippen molar-refractivity contribution in [2.24, 2.45) is 17.8 Å². The van der Waals surface area contributed by atoms with Crippen molar-refractivity contribution < 1.29 is 4.79 Å². The molecule has 1 aliphatic carbocycles. The summed E-state index contributed by atoms with van der Waals surface area (Å²) in [7, 11) is 1.91. The van der Waals surface area contributed by atoms with Gasteiger partial charge in [0.25, 0.3) is 0 Å². The number of hydrogen-bond donors (Lipinski definition) is 2. The molecule has 1 amide bonds. The van der Waals surface area contributed by atoms with Crippen LogP contribution in [0.5, 0.6) is 0 Å². The van der Waals surface area contributed by atoms with Crippen LogP contribution in [-0.4, -0.2) is 70.0 Å². The third kappa shape index (κ3) is 4.66. The molecule has 1 aliphatic heterocycles. The molecule has 11 nitrogen and oxygen atoms in total. The lowest BCUT2D eigenvalue weighted by molar-refractivity contribution is 0.0445. The van der Waals surface area contributed by atoms with Gasteiger partial charge in [-0.15, -0.1) is 5.10 Å². The van der Waals surface area contributed by atoms with E-state index < -0.39 is 5.54 Å². The van der Waals surface area contributed by atoms with Gasteiger partial charge in [-0.3, -0.25) is 14.8 Å². The van der Waals surface area contributed by atoms with Crippen LogP contribution < -0.4 is 5.73 Å². The molecule has 2 aromatic carbocycles. The summed E-state index contributed by atoms with van der Waals surface area (Å²) in [5.74, 6) is 0.864. The Balaban J connectivity index is 1.29. The molecule has 2 aliphatic rings. The van der Waals surface area contributed by atoms with E-state index in [1.54, 1.807) is 11.1 Å². The summed E-state index contributed by atoms with van der Waals surface area (Å²) in [5, 5.41) is 18.4. The van der Waals surface area contributed by atoms with Crippen LogP contribution in [-0.2, 0) is 7.05 Å². The number of nitrogens with one attached hydrogen (secondary N) is 1. The molecule has 5 aromatic rings. The van der Waals surface area contributed by atoms with Gasteiger partial charge in [0.1, 0.15) is 5.82 Å². The van der Waals surface area contributed by atoms with Crippen molar-refractivity contribution in [3.63, 3.8) is 0 Å². The van der Waals surface area contributed by atoms with Gasteiger partial charge < -0.3 is 10.6 Å². The summed E-state index contributed by atoms with van der Waals surface area (Å²) in [4.78, 5) is 24.8. The maximum Gasteiger partial charge on any atom is 0.347 e. The van der Waals surface area contributed by atoms with Crippen molar-refractivity contribution in [1.82, 2.24) is 39.6 Å². The number of nitrogens with two attached hydrogens (primary N) is 1. The molecule has 2 fully saturated rings. The highest BCUT2D eigenvalue weighted by Gasteiger charge is 2.46. The minimum absolute atomic E-state index is 0.0895. The second kappa shape index (κ2) is 10.4. The van der Waals surface area contributed by atoms with Crippen LogP contribution in [0.2, 0.25) is 10.3 Å². The van der Waals surface area contributed by atoms with Gasteiger partial charge in [0.15, 0.2) is 0 Å². The molecular weight excluding hydrogens is 599 g/mol. The molecule has 7 rings (SSSR count). The first-order chi connectivity index (χ1) is 21.1. The smallest absolute Gasteiger partial charge is 0.347 e. The van der Waals surface area contributed by atoms with E-state index in [1.165, 1.54) is 4.68 Å². The highest BCUT2D eigenvalue weighted by molar-refractivity contribution is 6.40. The number of aliphatic imine (C=N–C) groups is 1. The number of amides is 1. The van der Waals surface area contributed by atoms with Crippen LogP contribution in [0.15, 0.2) is 41.7 Å². The standard InChI is InChI=1S/C31H32Cl2N10O/c1-16-11-22-21(14-36-39-22)25(26(16)32)24(27(34)19-7-8-23-20(12-19)13-37-41(23)4)17(2)35-15-31(3)9-10-42(31)30(44)43-28(18-5-6-18)38-29(33)40-43/h7-8,11-14,18H,5-6,9-10,15,34H2,1-4H3,(H,36,39)/b27-24+,35-17?. The number of hydrogen-bond acceptors (Lipinski definition) is 7. The predicted molar refractivity (Wildman–Crippen MR) is 173 cm³/mol. The van der Waals surface area contributed by atoms with Crippen molar-refractivity contribution in [2.75, 3.05) is 13.1 Å². The Bertz CT molecular complexity index is 2030. The summed E-state index contributed by atoms with van der Waals surface area (Å²) in [6, 6.07) is 7.76. The Morgan fingerprint density at radius 1 is 1.23 bits per heavy atom. The number of fused-ring (bicyclic) bond motifs is 2. The van der Waals surface area contributed by atoms with Crippen molar-refractivity contribution in [1.29, 1.82) is 0 Å². The Hall–Kier alpha value is -4.22. The fourth-order valence-electron chi connectivity index (χ4n) is 6.05. The Kier molecular flexibility index (Phi) is 6.78. The zero-order valence-electron chi connectivity index (χ0n) is 24.9. The summed E-state index contributed by atoms with van der Waals surface area (Å²) in [6.45, 7) is 6.89. The number of rotatable bonds is 6. The number of allylic oxidation sites excluding steroid dienone is 1. The molecule has 0 radical (unpaired) electrons. The predicted octanol–water partition coefficient (Wildman–Crippen LogP) is 5.95. The van der Waals surface area contributed by atoms with Crippen molar-refractivity contribution in [2.45, 2.75) is 51.5 Å². The number of carbonyl (C=O) groups is 1. The molecule has 3 aromatic heterocycles. The largest absolute Gasteiger partial charge is 0.398 e. The first-order valence-electron chi connectivity index (χ1n) is 14.6. The number of aromatic nitrogens is 7. The first kappa shape index (κ1) is 28.5. The van der Waals surface area contributed by atoms with Crippen molar-refractivity contribution in [3.05, 3.63) is 69.5 Å². The average Bonchev–Trinajstić information content (AvgIpc) is 3.43. The maximum atomic E-state index is 13.6.